The summed E-state index contributed by atoms with van der Waals surface area (Å²) >= 11 is 0. The Bertz CT molecular complexity index is 1120. The predicted octanol–water partition coefficient (Wildman–Crippen LogP) is 2.26. The van der Waals surface area contributed by atoms with Crippen LogP contribution in [0, 0.1) is 12.7 Å². The Hall–Kier alpha value is -3.79. The van der Waals surface area contributed by atoms with Gasteiger partial charge in [-0.25, -0.2) is 14.1 Å². The molecule has 172 valence electrons. The molecule has 33 heavy (non-hydrogen) atoms. The molecule has 2 amide bonds. The highest BCUT2D eigenvalue weighted by molar-refractivity contribution is 5.97. The molecule has 1 aromatic heterocycles. The zero-order chi connectivity index (χ0) is 23.4. The van der Waals surface area contributed by atoms with Gasteiger partial charge in [-0.2, -0.15) is 0 Å². The van der Waals surface area contributed by atoms with Gasteiger partial charge in [0.2, 0.25) is 11.7 Å². The number of morpholine rings is 1. The van der Waals surface area contributed by atoms with Gasteiger partial charge in [0.1, 0.15) is 11.6 Å². The summed E-state index contributed by atoms with van der Waals surface area (Å²) in [6.45, 7) is 4.62. The Morgan fingerprint density at radius 2 is 1.70 bits per heavy atom. The second-order valence-electron chi connectivity index (χ2n) is 7.73. The van der Waals surface area contributed by atoms with Crippen molar-refractivity contribution < 1.29 is 18.7 Å². The standard InChI is InChI=1S/C23H25FN6O3/c1-16-25-22(27-30(16)20-7-3-17(24)4-8-20)23(32)28(2)15-21(31)26-18-5-9-19(10-6-18)29-11-13-33-14-12-29/h3-10H,11-15H2,1-2H3,(H,26,31). The van der Waals surface area contributed by atoms with E-state index in [1.54, 1.807) is 19.1 Å². The van der Waals surface area contributed by atoms with Crippen LogP contribution in [0.15, 0.2) is 48.5 Å². The van der Waals surface area contributed by atoms with Gasteiger partial charge in [-0.3, -0.25) is 9.59 Å². The summed E-state index contributed by atoms with van der Waals surface area (Å²) in [7, 11) is 1.51. The largest absolute Gasteiger partial charge is 0.378 e. The summed E-state index contributed by atoms with van der Waals surface area (Å²) in [5.74, 6) is -0.754. The van der Waals surface area contributed by atoms with Crippen molar-refractivity contribution in [3.63, 3.8) is 0 Å². The molecule has 2 aromatic carbocycles. The summed E-state index contributed by atoms with van der Waals surface area (Å²) in [6.07, 6.45) is 0. The van der Waals surface area contributed by atoms with E-state index in [9.17, 15) is 14.0 Å². The lowest BCUT2D eigenvalue weighted by atomic mass is 10.2. The monoisotopic (exact) mass is 452 g/mol. The number of amides is 2. The van der Waals surface area contributed by atoms with Gasteiger partial charge in [0.15, 0.2) is 0 Å². The van der Waals surface area contributed by atoms with Gasteiger partial charge in [0, 0.05) is 31.5 Å². The quantitative estimate of drug-likeness (QED) is 0.617. The first-order valence-electron chi connectivity index (χ1n) is 10.6. The highest BCUT2D eigenvalue weighted by Crippen LogP contribution is 2.19. The molecule has 1 aliphatic rings. The van der Waals surface area contributed by atoms with Crippen LogP contribution in [-0.2, 0) is 9.53 Å². The fraction of sp³-hybridized carbons (Fsp3) is 0.304. The minimum absolute atomic E-state index is 0.0398. The number of carbonyl (C=O) groups excluding carboxylic acids is 2. The molecular weight excluding hydrogens is 427 g/mol. The number of benzene rings is 2. The fourth-order valence-electron chi connectivity index (χ4n) is 3.54. The van der Waals surface area contributed by atoms with Gasteiger partial charge in [-0.15, -0.1) is 5.10 Å². The predicted molar refractivity (Wildman–Crippen MR) is 121 cm³/mol. The molecule has 1 fully saturated rings. The molecule has 0 bridgehead atoms. The van der Waals surface area contributed by atoms with Crippen LogP contribution in [0.25, 0.3) is 5.69 Å². The van der Waals surface area contributed by atoms with Crippen LogP contribution in [-0.4, -0.2) is 71.4 Å². The molecule has 0 atom stereocenters. The Morgan fingerprint density at radius 1 is 1.06 bits per heavy atom. The van der Waals surface area contributed by atoms with Gasteiger partial charge >= 0.3 is 0 Å². The molecule has 2 heterocycles. The lowest BCUT2D eigenvalue weighted by Gasteiger charge is -2.28. The van der Waals surface area contributed by atoms with Crippen LogP contribution in [0.1, 0.15) is 16.4 Å². The van der Waals surface area contributed by atoms with Crippen molar-refractivity contribution in [3.8, 4) is 5.69 Å². The number of aryl methyl sites for hydroxylation is 1. The van der Waals surface area contributed by atoms with Crippen molar-refractivity contribution in [2.75, 3.05) is 50.1 Å². The maximum atomic E-state index is 13.2. The van der Waals surface area contributed by atoms with Crippen molar-refractivity contribution in [2.24, 2.45) is 0 Å². The highest BCUT2D eigenvalue weighted by atomic mass is 19.1. The first-order valence-corrected chi connectivity index (χ1v) is 10.6. The van der Waals surface area contributed by atoms with Crippen LogP contribution in [0.2, 0.25) is 0 Å². The molecule has 4 rings (SSSR count). The number of carbonyl (C=O) groups is 2. The highest BCUT2D eigenvalue weighted by Gasteiger charge is 2.21. The molecule has 1 saturated heterocycles. The summed E-state index contributed by atoms with van der Waals surface area (Å²) in [4.78, 5) is 32.9. The van der Waals surface area contributed by atoms with Crippen molar-refractivity contribution in [1.82, 2.24) is 19.7 Å². The number of hydrogen-bond donors (Lipinski definition) is 1. The Labute approximate surface area is 190 Å². The number of halogens is 1. The zero-order valence-corrected chi connectivity index (χ0v) is 18.5. The van der Waals surface area contributed by atoms with Crippen molar-refractivity contribution in [3.05, 3.63) is 66.0 Å². The number of nitrogens with zero attached hydrogens (tertiary/aromatic N) is 5. The maximum Gasteiger partial charge on any atom is 0.293 e. The van der Waals surface area contributed by atoms with Crippen LogP contribution in [0.5, 0.6) is 0 Å². The van der Waals surface area contributed by atoms with E-state index < -0.39 is 5.91 Å². The third-order valence-electron chi connectivity index (χ3n) is 5.29. The van der Waals surface area contributed by atoms with E-state index in [-0.39, 0.29) is 24.1 Å². The van der Waals surface area contributed by atoms with Crippen LogP contribution in [0.3, 0.4) is 0 Å². The molecule has 9 nitrogen and oxygen atoms in total. The van der Waals surface area contributed by atoms with Crippen molar-refractivity contribution in [1.29, 1.82) is 0 Å². The first-order chi connectivity index (χ1) is 15.9. The Kier molecular flexibility index (Phi) is 6.64. The van der Waals surface area contributed by atoms with E-state index in [1.807, 2.05) is 24.3 Å². The second-order valence-corrected chi connectivity index (χ2v) is 7.73. The van der Waals surface area contributed by atoms with E-state index in [4.69, 9.17) is 4.74 Å². The van der Waals surface area contributed by atoms with E-state index in [2.05, 4.69) is 20.3 Å². The molecule has 0 radical (unpaired) electrons. The molecule has 1 aliphatic heterocycles. The van der Waals surface area contributed by atoms with E-state index >= 15 is 0 Å². The number of likely N-dealkylation sites (N-methyl/N-ethyl adjacent to an activating group) is 1. The van der Waals surface area contributed by atoms with Crippen molar-refractivity contribution in [2.45, 2.75) is 6.92 Å². The number of hydrogen-bond acceptors (Lipinski definition) is 6. The number of nitrogens with one attached hydrogen (secondary N) is 1. The lowest BCUT2D eigenvalue weighted by Crippen LogP contribution is -2.36. The van der Waals surface area contributed by atoms with Crippen LogP contribution >= 0.6 is 0 Å². The number of ether oxygens (including phenoxy) is 1. The minimum atomic E-state index is -0.489. The maximum absolute atomic E-state index is 13.2. The molecule has 0 unspecified atom stereocenters. The summed E-state index contributed by atoms with van der Waals surface area (Å²) in [6, 6.07) is 13.3. The summed E-state index contributed by atoms with van der Waals surface area (Å²) < 4.78 is 20.0. The topological polar surface area (TPSA) is 92.6 Å². The molecule has 0 saturated carbocycles. The van der Waals surface area contributed by atoms with Crippen LogP contribution in [0.4, 0.5) is 15.8 Å². The SMILES string of the molecule is Cc1nc(C(=O)N(C)CC(=O)Nc2ccc(N3CCOCC3)cc2)nn1-c1ccc(F)cc1. The van der Waals surface area contributed by atoms with E-state index in [0.717, 1.165) is 18.8 Å². The fourth-order valence-corrected chi connectivity index (χ4v) is 3.54. The van der Waals surface area contributed by atoms with Crippen LogP contribution < -0.4 is 10.2 Å². The van der Waals surface area contributed by atoms with Gasteiger partial charge in [-0.05, 0) is 55.5 Å². The normalized spacial score (nSPS) is 13.6. The lowest BCUT2D eigenvalue weighted by molar-refractivity contribution is -0.116. The van der Waals surface area contributed by atoms with Gasteiger partial charge < -0.3 is 19.9 Å². The second kappa shape index (κ2) is 9.78. The summed E-state index contributed by atoms with van der Waals surface area (Å²) in [5, 5.41) is 7.02. The summed E-state index contributed by atoms with van der Waals surface area (Å²) in [5.41, 5.74) is 2.30. The zero-order valence-electron chi connectivity index (χ0n) is 18.5. The number of aromatic nitrogens is 3. The van der Waals surface area contributed by atoms with Crippen molar-refractivity contribution >= 4 is 23.2 Å². The van der Waals surface area contributed by atoms with E-state index in [1.165, 1.54) is 28.8 Å². The molecule has 3 aromatic rings. The Morgan fingerprint density at radius 3 is 2.36 bits per heavy atom. The molecule has 10 heteroatoms. The molecule has 0 aliphatic carbocycles. The third kappa shape index (κ3) is 5.35. The smallest absolute Gasteiger partial charge is 0.293 e. The third-order valence-corrected chi connectivity index (χ3v) is 5.29. The first kappa shape index (κ1) is 22.4. The average Bonchev–Trinajstić information content (AvgIpc) is 3.21. The number of anilines is 2. The van der Waals surface area contributed by atoms with Gasteiger partial charge in [0.05, 0.1) is 25.4 Å². The van der Waals surface area contributed by atoms with Gasteiger partial charge in [-0.1, -0.05) is 0 Å². The van der Waals surface area contributed by atoms with E-state index in [0.29, 0.717) is 30.4 Å². The average molecular weight is 452 g/mol. The molecule has 1 N–H and O–H groups in total. The Balaban J connectivity index is 1.35. The molecule has 0 spiro atoms. The molecular formula is C23H25FN6O3. The minimum Gasteiger partial charge on any atom is -0.378 e. The number of rotatable bonds is 6. The van der Waals surface area contributed by atoms with Gasteiger partial charge in [0.25, 0.3) is 5.91 Å².